The standard InChI is InChI=1S/C20H32O3/c1-2-3-4-5-6-7-8-9-10-13-16-19(21)17-14-11-12-15-18-20(22)23/h6-7,9-11,13-14,16,19,21H,2-5,8,12,15,17-18H2,1H3,(H,22,23)/b7-6-,10-9+,14-11-,16-13-/t19-/m1/s1. The Morgan fingerprint density at radius 3 is 2.43 bits per heavy atom. The molecule has 3 heteroatoms. The molecule has 23 heavy (non-hydrogen) atoms. The van der Waals surface area contributed by atoms with Gasteiger partial charge in [0.2, 0.25) is 0 Å². The van der Waals surface area contributed by atoms with Crippen LogP contribution in [0.4, 0.5) is 0 Å². The van der Waals surface area contributed by atoms with Crippen molar-refractivity contribution in [2.45, 2.75) is 70.8 Å². The summed E-state index contributed by atoms with van der Waals surface area (Å²) in [4.78, 5) is 10.3. The second-order valence-corrected chi connectivity index (χ2v) is 5.58. The number of carboxylic acids is 1. The highest BCUT2D eigenvalue weighted by Gasteiger charge is 1.95. The molecule has 0 amide bonds. The van der Waals surface area contributed by atoms with Gasteiger partial charge in [0.25, 0.3) is 0 Å². The Labute approximate surface area is 141 Å². The number of hydrogen-bond donors (Lipinski definition) is 2. The maximum Gasteiger partial charge on any atom is 0.303 e. The van der Waals surface area contributed by atoms with E-state index in [9.17, 15) is 9.90 Å². The molecule has 2 N–H and O–H groups in total. The molecule has 0 radical (unpaired) electrons. The number of carboxylic acid groups (broad SMARTS) is 1. The zero-order valence-corrected chi connectivity index (χ0v) is 14.4. The first-order valence-electron chi connectivity index (χ1n) is 8.70. The van der Waals surface area contributed by atoms with Crippen LogP contribution in [0.1, 0.15) is 64.7 Å². The number of rotatable bonds is 14. The zero-order chi connectivity index (χ0) is 17.2. The SMILES string of the molecule is CCCCC/C=C\C/C=C/C=C\[C@@H](O)C/C=C\CCCC(=O)O. The first-order chi connectivity index (χ1) is 11.2. The third kappa shape index (κ3) is 18.3. The van der Waals surface area contributed by atoms with E-state index >= 15 is 0 Å². The third-order valence-corrected chi connectivity index (χ3v) is 3.30. The van der Waals surface area contributed by atoms with Gasteiger partial charge < -0.3 is 10.2 Å². The summed E-state index contributed by atoms with van der Waals surface area (Å²) in [5.41, 5.74) is 0. The fourth-order valence-electron chi connectivity index (χ4n) is 1.96. The van der Waals surface area contributed by atoms with Crippen molar-refractivity contribution in [3.8, 4) is 0 Å². The number of aliphatic hydroxyl groups is 1. The summed E-state index contributed by atoms with van der Waals surface area (Å²) in [6, 6.07) is 0. The Morgan fingerprint density at radius 2 is 1.70 bits per heavy atom. The van der Waals surface area contributed by atoms with Crippen LogP contribution in [0.15, 0.2) is 48.6 Å². The third-order valence-electron chi connectivity index (χ3n) is 3.30. The van der Waals surface area contributed by atoms with Gasteiger partial charge in [-0.25, -0.2) is 0 Å². The van der Waals surface area contributed by atoms with Crippen molar-refractivity contribution < 1.29 is 15.0 Å². The molecule has 0 aromatic rings. The minimum atomic E-state index is -0.760. The van der Waals surface area contributed by atoms with Crippen molar-refractivity contribution in [2.75, 3.05) is 0 Å². The summed E-state index contributed by atoms with van der Waals surface area (Å²) in [6.07, 6.45) is 23.5. The lowest BCUT2D eigenvalue weighted by atomic mass is 10.2. The van der Waals surface area contributed by atoms with E-state index in [0.717, 1.165) is 19.3 Å². The summed E-state index contributed by atoms with van der Waals surface area (Å²) in [7, 11) is 0. The van der Waals surface area contributed by atoms with E-state index in [4.69, 9.17) is 5.11 Å². The molecule has 0 saturated heterocycles. The Balaban J connectivity index is 3.63. The van der Waals surface area contributed by atoms with E-state index < -0.39 is 12.1 Å². The monoisotopic (exact) mass is 320 g/mol. The Hall–Kier alpha value is -1.61. The molecule has 0 spiro atoms. The first-order valence-corrected chi connectivity index (χ1v) is 8.70. The average molecular weight is 320 g/mol. The largest absolute Gasteiger partial charge is 0.481 e. The van der Waals surface area contributed by atoms with E-state index in [1.54, 1.807) is 6.08 Å². The molecule has 0 fully saturated rings. The van der Waals surface area contributed by atoms with Crippen molar-refractivity contribution in [2.24, 2.45) is 0 Å². The number of unbranched alkanes of at least 4 members (excludes halogenated alkanes) is 4. The van der Waals surface area contributed by atoms with Gasteiger partial charge in [0.15, 0.2) is 0 Å². The number of allylic oxidation sites excluding steroid dienone is 6. The van der Waals surface area contributed by atoms with Crippen molar-refractivity contribution in [1.82, 2.24) is 0 Å². The summed E-state index contributed by atoms with van der Waals surface area (Å²) in [6.45, 7) is 2.21. The van der Waals surface area contributed by atoms with Crippen LogP contribution in [0.2, 0.25) is 0 Å². The van der Waals surface area contributed by atoms with E-state index in [-0.39, 0.29) is 6.42 Å². The Kier molecular flexibility index (Phi) is 15.6. The van der Waals surface area contributed by atoms with Crippen LogP contribution in [0, 0.1) is 0 Å². The molecule has 0 rings (SSSR count). The smallest absolute Gasteiger partial charge is 0.303 e. The quantitative estimate of drug-likeness (QED) is 0.263. The lowest BCUT2D eigenvalue weighted by Gasteiger charge is -1.99. The van der Waals surface area contributed by atoms with Crippen LogP contribution in [0.25, 0.3) is 0 Å². The molecule has 0 aliphatic rings. The van der Waals surface area contributed by atoms with Crippen LogP contribution < -0.4 is 0 Å². The fraction of sp³-hybridized carbons (Fsp3) is 0.550. The fourth-order valence-corrected chi connectivity index (χ4v) is 1.96. The molecule has 0 saturated carbocycles. The number of carbonyl (C=O) groups is 1. The normalized spacial score (nSPS) is 13.8. The van der Waals surface area contributed by atoms with Crippen LogP contribution in [0.3, 0.4) is 0 Å². The second kappa shape index (κ2) is 16.8. The van der Waals surface area contributed by atoms with Gasteiger partial charge in [-0.05, 0) is 38.5 Å². The van der Waals surface area contributed by atoms with E-state index in [2.05, 4.69) is 25.2 Å². The molecule has 0 aliphatic carbocycles. The molecule has 0 aliphatic heterocycles. The highest BCUT2D eigenvalue weighted by Crippen LogP contribution is 2.02. The zero-order valence-electron chi connectivity index (χ0n) is 14.4. The number of aliphatic carboxylic acids is 1. The molecular weight excluding hydrogens is 288 g/mol. The van der Waals surface area contributed by atoms with Gasteiger partial charge in [0.05, 0.1) is 6.10 Å². The highest BCUT2D eigenvalue weighted by molar-refractivity contribution is 5.66. The van der Waals surface area contributed by atoms with Crippen LogP contribution in [-0.4, -0.2) is 22.3 Å². The van der Waals surface area contributed by atoms with Crippen LogP contribution >= 0.6 is 0 Å². The summed E-state index contributed by atoms with van der Waals surface area (Å²) in [5.74, 6) is -0.760. The van der Waals surface area contributed by atoms with Crippen LogP contribution in [-0.2, 0) is 4.79 Å². The Bertz CT molecular complexity index is 392. The van der Waals surface area contributed by atoms with Gasteiger partial charge >= 0.3 is 5.97 Å². The van der Waals surface area contributed by atoms with E-state index in [0.29, 0.717) is 12.8 Å². The van der Waals surface area contributed by atoms with Crippen molar-refractivity contribution in [3.05, 3.63) is 48.6 Å². The van der Waals surface area contributed by atoms with Crippen molar-refractivity contribution >= 4 is 5.97 Å². The summed E-state index contributed by atoms with van der Waals surface area (Å²) in [5, 5.41) is 18.2. The molecule has 0 aromatic heterocycles. The molecule has 0 bridgehead atoms. The lowest BCUT2D eigenvalue weighted by Crippen LogP contribution is -1.98. The molecule has 1 atom stereocenters. The second-order valence-electron chi connectivity index (χ2n) is 5.58. The average Bonchev–Trinajstić information content (AvgIpc) is 2.52. The summed E-state index contributed by atoms with van der Waals surface area (Å²) >= 11 is 0. The van der Waals surface area contributed by atoms with E-state index in [1.165, 1.54) is 19.3 Å². The van der Waals surface area contributed by atoms with Crippen molar-refractivity contribution in [3.63, 3.8) is 0 Å². The molecule has 130 valence electrons. The van der Waals surface area contributed by atoms with Gasteiger partial charge in [-0.3, -0.25) is 4.79 Å². The minimum absolute atomic E-state index is 0.199. The van der Waals surface area contributed by atoms with E-state index in [1.807, 2.05) is 24.3 Å². The maximum atomic E-state index is 10.3. The van der Waals surface area contributed by atoms with Gasteiger partial charge in [-0.15, -0.1) is 0 Å². The molecule has 0 heterocycles. The van der Waals surface area contributed by atoms with Crippen LogP contribution in [0.5, 0.6) is 0 Å². The lowest BCUT2D eigenvalue weighted by molar-refractivity contribution is -0.137. The maximum absolute atomic E-state index is 10.3. The number of aliphatic hydroxyl groups excluding tert-OH is 1. The molecular formula is C20H32O3. The predicted octanol–water partition coefficient (Wildman–Crippen LogP) is 5.19. The van der Waals surface area contributed by atoms with Gasteiger partial charge in [0, 0.05) is 6.42 Å². The molecule has 3 nitrogen and oxygen atoms in total. The highest BCUT2D eigenvalue weighted by atomic mass is 16.4. The topological polar surface area (TPSA) is 57.5 Å². The van der Waals surface area contributed by atoms with Crippen molar-refractivity contribution in [1.29, 1.82) is 0 Å². The molecule has 0 aromatic carbocycles. The van der Waals surface area contributed by atoms with Gasteiger partial charge in [-0.1, -0.05) is 68.4 Å². The van der Waals surface area contributed by atoms with Gasteiger partial charge in [-0.2, -0.15) is 0 Å². The molecule has 0 unspecified atom stereocenters. The number of hydrogen-bond acceptors (Lipinski definition) is 2. The Morgan fingerprint density at radius 1 is 0.957 bits per heavy atom. The minimum Gasteiger partial charge on any atom is -0.481 e. The first kappa shape index (κ1) is 21.4. The summed E-state index contributed by atoms with van der Waals surface area (Å²) < 4.78 is 0. The van der Waals surface area contributed by atoms with Gasteiger partial charge in [0.1, 0.15) is 0 Å². The predicted molar refractivity (Wildman–Crippen MR) is 97.4 cm³/mol.